The highest BCUT2D eigenvalue weighted by atomic mass is 32.1. The van der Waals surface area contributed by atoms with Crippen LogP contribution in [0.25, 0.3) is 0 Å². The fourth-order valence-corrected chi connectivity index (χ4v) is 3.40. The van der Waals surface area contributed by atoms with Gasteiger partial charge in [0.05, 0.1) is 12.2 Å². The first kappa shape index (κ1) is 14.6. The predicted octanol–water partition coefficient (Wildman–Crippen LogP) is 3.50. The molecule has 1 aliphatic carbocycles. The minimum absolute atomic E-state index is 0.740. The van der Waals surface area contributed by atoms with Crippen LogP contribution in [-0.2, 0) is 19.5 Å². The van der Waals surface area contributed by atoms with Gasteiger partial charge in [-0.05, 0) is 38.3 Å². The average molecular weight is 305 g/mol. The third kappa shape index (κ3) is 3.66. The molecule has 1 aliphatic rings. The summed E-state index contributed by atoms with van der Waals surface area (Å²) in [4.78, 5) is 8.34. The summed E-state index contributed by atoms with van der Waals surface area (Å²) in [5, 5.41) is 4.66. The lowest BCUT2D eigenvalue weighted by Crippen LogP contribution is -2.15. The monoisotopic (exact) mass is 305 g/mol. The number of furan rings is 1. The van der Waals surface area contributed by atoms with Crippen molar-refractivity contribution in [3.05, 3.63) is 34.2 Å². The molecule has 2 heterocycles. The SMILES string of the molecule is CCc1nc(N(C)Cc2ccc(C)o2)sc1CNC1CC1. The Kier molecular flexibility index (Phi) is 4.31. The Morgan fingerprint density at radius 1 is 1.43 bits per heavy atom. The molecule has 1 fully saturated rings. The fraction of sp³-hybridized carbons (Fsp3) is 0.562. The highest BCUT2D eigenvalue weighted by Crippen LogP contribution is 2.28. The number of hydrogen-bond donors (Lipinski definition) is 1. The van der Waals surface area contributed by atoms with Gasteiger partial charge in [-0.2, -0.15) is 0 Å². The first-order valence-electron chi connectivity index (χ1n) is 7.64. The van der Waals surface area contributed by atoms with Gasteiger partial charge in [0.2, 0.25) is 0 Å². The van der Waals surface area contributed by atoms with E-state index in [0.29, 0.717) is 0 Å². The molecule has 0 unspecified atom stereocenters. The van der Waals surface area contributed by atoms with Crippen molar-refractivity contribution in [2.24, 2.45) is 0 Å². The summed E-state index contributed by atoms with van der Waals surface area (Å²) < 4.78 is 5.65. The smallest absolute Gasteiger partial charge is 0.185 e. The molecule has 1 saturated carbocycles. The molecule has 114 valence electrons. The zero-order valence-corrected chi connectivity index (χ0v) is 13.8. The van der Waals surface area contributed by atoms with E-state index >= 15 is 0 Å². The van der Waals surface area contributed by atoms with Crippen molar-refractivity contribution in [2.45, 2.75) is 52.2 Å². The lowest BCUT2D eigenvalue weighted by atomic mass is 10.3. The molecule has 2 aromatic rings. The molecular weight excluding hydrogens is 282 g/mol. The summed E-state index contributed by atoms with van der Waals surface area (Å²) in [6.07, 6.45) is 3.64. The van der Waals surface area contributed by atoms with Crippen LogP contribution in [0.5, 0.6) is 0 Å². The van der Waals surface area contributed by atoms with Crippen LogP contribution < -0.4 is 10.2 Å². The van der Waals surface area contributed by atoms with Crippen LogP contribution in [0.1, 0.15) is 41.9 Å². The number of hydrogen-bond acceptors (Lipinski definition) is 5. The topological polar surface area (TPSA) is 41.3 Å². The quantitative estimate of drug-likeness (QED) is 0.850. The fourth-order valence-electron chi connectivity index (χ4n) is 2.34. The first-order valence-corrected chi connectivity index (χ1v) is 8.45. The Labute approximate surface area is 130 Å². The zero-order valence-electron chi connectivity index (χ0n) is 13.0. The van der Waals surface area contributed by atoms with Gasteiger partial charge in [0.25, 0.3) is 0 Å². The molecule has 4 nitrogen and oxygen atoms in total. The van der Waals surface area contributed by atoms with Crippen LogP contribution in [-0.4, -0.2) is 18.1 Å². The van der Waals surface area contributed by atoms with Gasteiger partial charge in [-0.3, -0.25) is 0 Å². The third-order valence-electron chi connectivity index (χ3n) is 3.75. The molecule has 0 atom stereocenters. The molecule has 21 heavy (non-hydrogen) atoms. The highest BCUT2D eigenvalue weighted by Gasteiger charge is 2.21. The molecule has 2 aromatic heterocycles. The van der Waals surface area contributed by atoms with E-state index in [4.69, 9.17) is 9.40 Å². The van der Waals surface area contributed by atoms with Gasteiger partial charge < -0.3 is 14.6 Å². The lowest BCUT2D eigenvalue weighted by molar-refractivity contribution is 0.481. The number of rotatable bonds is 7. The van der Waals surface area contributed by atoms with Gasteiger partial charge in [0.15, 0.2) is 5.13 Å². The summed E-state index contributed by atoms with van der Waals surface area (Å²) in [6.45, 7) is 5.87. The molecule has 0 bridgehead atoms. The third-order valence-corrected chi connectivity index (χ3v) is 4.96. The van der Waals surface area contributed by atoms with Gasteiger partial charge in [-0.25, -0.2) is 4.98 Å². The molecule has 0 spiro atoms. The Hall–Kier alpha value is -1.33. The molecule has 0 amide bonds. The van der Waals surface area contributed by atoms with E-state index in [9.17, 15) is 0 Å². The summed E-state index contributed by atoms with van der Waals surface area (Å²) in [5.41, 5.74) is 1.23. The zero-order chi connectivity index (χ0) is 14.8. The molecule has 0 saturated heterocycles. The normalized spacial score (nSPS) is 14.6. The minimum atomic E-state index is 0.740. The maximum Gasteiger partial charge on any atom is 0.185 e. The van der Waals surface area contributed by atoms with Crippen LogP contribution in [0.15, 0.2) is 16.5 Å². The minimum Gasteiger partial charge on any atom is -0.464 e. The Balaban J connectivity index is 1.68. The number of thiazole rings is 1. The molecule has 3 rings (SSSR count). The number of nitrogens with one attached hydrogen (secondary N) is 1. The van der Waals surface area contributed by atoms with Crippen molar-refractivity contribution >= 4 is 16.5 Å². The van der Waals surface area contributed by atoms with E-state index in [0.717, 1.165) is 42.2 Å². The van der Waals surface area contributed by atoms with Crippen molar-refractivity contribution in [2.75, 3.05) is 11.9 Å². The van der Waals surface area contributed by atoms with Crippen LogP contribution in [0.2, 0.25) is 0 Å². The largest absolute Gasteiger partial charge is 0.464 e. The number of anilines is 1. The van der Waals surface area contributed by atoms with Gasteiger partial charge in [-0.1, -0.05) is 6.92 Å². The molecule has 1 N–H and O–H groups in total. The van der Waals surface area contributed by atoms with Crippen molar-refractivity contribution in [3.63, 3.8) is 0 Å². The van der Waals surface area contributed by atoms with Crippen LogP contribution in [0, 0.1) is 6.92 Å². The van der Waals surface area contributed by atoms with Crippen LogP contribution >= 0.6 is 11.3 Å². The van der Waals surface area contributed by atoms with Gasteiger partial charge in [0, 0.05) is 24.5 Å². The molecule has 0 aliphatic heterocycles. The van der Waals surface area contributed by atoms with Gasteiger partial charge in [-0.15, -0.1) is 11.3 Å². The second kappa shape index (κ2) is 6.20. The summed E-state index contributed by atoms with van der Waals surface area (Å²) in [7, 11) is 2.08. The summed E-state index contributed by atoms with van der Waals surface area (Å²) >= 11 is 1.80. The average Bonchev–Trinajstić information content (AvgIpc) is 3.06. The maximum atomic E-state index is 5.65. The number of aryl methyl sites for hydroxylation is 2. The van der Waals surface area contributed by atoms with E-state index < -0.39 is 0 Å². The Morgan fingerprint density at radius 2 is 2.24 bits per heavy atom. The van der Waals surface area contributed by atoms with Crippen LogP contribution in [0.4, 0.5) is 5.13 Å². The van der Waals surface area contributed by atoms with E-state index in [1.54, 1.807) is 11.3 Å². The van der Waals surface area contributed by atoms with Crippen LogP contribution in [0.3, 0.4) is 0 Å². The van der Waals surface area contributed by atoms with Gasteiger partial charge in [0.1, 0.15) is 11.5 Å². The number of aromatic nitrogens is 1. The first-order chi connectivity index (χ1) is 10.2. The summed E-state index contributed by atoms with van der Waals surface area (Å²) in [5.74, 6) is 1.95. The second-order valence-electron chi connectivity index (χ2n) is 5.74. The van der Waals surface area contributed by atoms with E-state index in [1.807, 2.05) is 19.1 Å². The van der Waals surface area contributed by atoms with Crippen molar-refractivity contribution in [3.8, 4) is 0 Å². The molecule has 0 aromatic carbocycles. The molecule has 5 heteroatoms. The van der Waals surface area contributed by atoms with E-state index in [1.165, 1.54) is 23.4 Å². The lowest BCUT2D eigenvalue weighted by Gasteiger charge is -2.13. The Bertz CT molecular complexity index is 600. The second-order valence-corrected chi connectivity index (χ2v) is 6.81. The van der Waals surface area contributed by atoms with Crippen molar-refractivity contribution in [1.29, 1.82) is 0 Å². The van der Waals surface area contributed by atoms with Crippen molar-refractivity contribution in [1.82, 2.24) is 10.3 Å². The highest BCUT2D eigenvalue weighted by molar-refractivity contribution is 7.15. The van der Waals surface area contributed by atoms with Crippen molar-refractivity contribution < 1.29 is 4.42 Å². The Morgan fingerprint density at radius 3 is 2.86 bits per heavy atom. The maximum absolute atomic E-state index is 5.65. The molecule has 0 radical (unpaired) electrons. The predicted molar refractivity (Wildman–Crippen MR) is 86.9 cm³/mol. The van der Waals surface area contributed by atoms with Gasteiger partial charge >= 0.3 is 0 Å². The van der Waals surface area contributed by atoms with E-state index in [2.05, 4.69) is 24.2 Å². The summed E-state index contributed by atoms with van der Waals surface area (Å²) in [6, 6.07) is 4.78. The number of nitrogens with zero attached hydrogens (tertiary/aromatic N) is 2. The van der Waals surface area contributed by atoms with E-state index in [-0.39, 0.29) is 0 Å². The molecular formula is C16H23N3OS. The standard InChI is InChI=1S/C16H23N3OS/c1-4-14-15(9-17-12-6-7-12)21-16(18-14)19(3)10-13-8-5-11(2)20-13/h5,8,12,17H,4,6-7,9-10H2,1-3H3.